The van der Waals surface area contributed by atoms with Gasteiger partial charge in [0.1, 0.15) is 5.69 Å². The Kier molecular flexibility index (Phi) is 4.37. The SMILES string of the molecule is O=C(Nc1ccccc1Br)Nc1c(O)c(F)cc(F)c1F. The molecule has 0 heterocycles. The first-order valence-electron chi connectivity index (χ1n) is 5.59. The average Bonchev–Trinajstić information content (AvgIpc) is 2.44. The number of rotatable bonds is 2. The molecule has 0 aliphatic carbocycles. The van der Waals surface area contributed by atoms with E-state index in [-0.39, 0.29) is 6.07 Å². The van der Waals surface area contributed by atoms with Gasteiger partial charge < -0.3 is 15.7 Å². The van der Waals surface area contributed by atoms with E-state index >= 15 is 0 Å². The number of anilines is 2. The lowest BCUT2D eigenvalue weighted by molar-refractivity contribution is 0.262. The number of hydrogen-bond donors (Lipinski definition) is 3. The van der Waals surface area contributed by atoms with Crippen LogP contribution in [-0.4, -0.2) is 11.1 Å². The Hall–Kier alpha value is -2.22. The number of aromatic hydroxyl groups is 1. The van der Waals surface area contributed by atoms with Crippen LogP contribution in [-0.2, 0) is 0 Å². The van der Waals surface area contributed by atoms with Crippen molar-refractivity contribution in [1.82, 2.24) is 0 Å². The van der Waals surface area contributed by atoms with E-state index in [2.05, 4.69) is 21.2 Å². The number of halogens is 4. The molecule has 0 radical (unpaired) electrons. The Morgan fingerprint density at radius 3 is 2.43 bits per heavy atom. The van der Waals surface area contributed by atoms with Crippen LogP contribution in [0.15, 0.2) is 34.8 Å². The minimum Gasteiger partial charge on any atom is -0.503 e. The largest absolute Gasteiger partial charge is 0.503 e. The van der Waals surface area contributed by atoms with Crippen LogP contribution in [0, 0.1) is 17.5 Å². The number of nitrogens with one attached hydrogen (secondary N) is 2. The van der Waals surface area contributed by atoms with Gasteiger partial charge >= 0.3 is 6.03 Å². The first kappa shape index (κ1) is 15.2. The summed E-state index contributed by atoms with van der Waals surface area (Å²) in [6, 6.07) is 5.75. The second-order valence-corrected chi connectivity index (χ2v) is 4.79. The van der Waals surface area contributed by atoms with Gasteiger partial charge in [0.15, 0.2) is 23.2 Å². The minimum atomic E-state index is -1.56. The van der Waals surface area contributed by atoms with E-state index in [4.69, 9.17) is 0 Å². The molecule has 4 nitrogen and oxygen atoms in total. The van der Waals surface area contributed by atoms with Crippen molar-refractivity contribution in [3.05, 3.63) is 52.3 Å². The molecule has 0 fully saturated rings. The molecular formula is C13H8BrF3N2O2. The molecule has 0 spiro atoms. The van der Waals surface area contributed by atoms with E-state index in [9.17, 15) is 23.1 Å². The lowest BCUT2D eigenvalue weighted by atomic mass is 10.2. The Balaban J connectivity index is 2.23. The molecule has 0 saturated heterocycles. The highest BCUT2D eigenvalue weighted by Gasteiger charge is 2.20. The number of urea groups is 1. The standard InChI is InChI=1S/C13H8BrF3N2O2/c14-6-3-1-2-4-9(6)18-13(21)19-11-10(17)7(15)5-8(16)12(11)20/h1-5,20H,(H2,18,19,21). The zero-order valence-corrected chi connectivity index (χ0v) is 11.8. The maximum absolute atomic E-state index is 13.5. The first-order chi connectivity index (χ1) is 9.90. The maximum atomic E-state index is 13.5. The van der Waals surface area contributed by atoms with Crippen molar-refractivity contribution in [1.29, 1.82) is 0 Å². The van der Waals surface area contributed by atoms with Gasteiger partial charge in [0.2, 0.25) is 0 Å². The van der Waals surface area contributed by atoms with Crippen LogP contribution >= 0.6 is 15.9 Å². The van der Waals surface area contributed by atoms with Crippen LogP contribution in [0.3, 0.4) is 0 Å². The number of benzene rings is 2. The molecule has 110 valence electrons. The van der Waals surface area contributed by atoms with Gasteiger partial charge in [-0.2, -0.15) is 0 Å². The molecule has 0 atom stereocenters. The molecule has 2 rings (SSSR count). The predicted molar refractivity (Wildman–Crippen MR) is 74.8 cm³/mol. The summed E-state index contributed by atoms with van der Waals surface area (Å²) in [7, 11) is 0. The Labute approximate surface area is 125 Å². The molecule has 0 bridgehead atoms. The smallest absolute Gasteiger partial charge is 0.323 e. The van der Waals surface area contributed by atoms with Crippen LogP contribution in [0.2, 0.25) is 0 Å². The summed E-state index contributed by atoms with van der Waals surface area (Å²) in [5, 5.41) is 13.5. The summed E-state index contributed by atoms with van der Waals surface area (Å²) in [6.07, 6.45) is 0. The van der Waals surface area contributed by atoms with Crippen LogP contribution in [0.4, 0.5) is 29.3 Å². The fraction of sp³-hybridized carbons (Fsp3) is 0. The molecule has 2 aromatic rings. The normalized spacial score (nSPS) is 10.3. The Morgan fingerprint density at radius 1 is 1.10 bits per heavy atom. The van der Waals surface area contributed by atoms with Crippen LogP contribution < -0.4 is 10.6 Å². The number of carbonyl (C=O) groups excluding carboxylic acids is 1. The summed E-state index contributed by atoms with van der Waals surface area (Å²) >= 11 is 3.18. The molecule has 0 unspecified atom stereocenters. The molecule has 0 aromatic heterocycles. The molecule has 0 aliphatic rings. The summed E-state index contributed by atoms with van der Waals surface area (Å²) in [6.45, 7) is 0. The second kappa shape index (κ2) is 6.04. The van der Waals surface area contributed by atoms with E-state index in [1.165, 1.54) is 0 Å². The van der Waals surface area contributed by atoms with Crippen molar-refractivity contribution in [3.8, 4) is 5.75 Å². The first-order valence-corrected chi connectivity index (χ1v) is 6.38. The van der Waals surface area contributed by atoms with Gasteiger partial charge in [-0.05, 0) is 28.1 Å². The van der Waals surface area contributed by atoms with E-state index in [0.29, 0.717) is 10.2 Å². The van der Waals surface area contributed by atoms with E-state index in [1.54, 1.807) is 24.3 Å². The zero-order valence-electron chi connectivity index (χ0n) is 10.3. The zero-order chi connectivity index (χ0) is 15.6. The molecular weight excluding hydrogens is 353 g/mol. The molecule has 3 N–H and O–H groups in total. The molecule has 2 aromatic carbocycles. The fourth-order valence-corrected chi connectivity index (χ4v) is 1.91. The third-order valence-corrected chi connectivity index (χ3v) is 3.20. The topological polar surface area (TPSA) is 61.4 Å². The average molecular weight is 361 g/mol. The summed E-state index contributed by atoms with van der Waals surface area (Å²) in [5.74, 6) is -5.65. The summed E-state index contributed by atoms with van der Waals surface area (Å²) in [5.41, 5.74) is -0.621. The van der Waals surface area contributed by atoms with Gasteiger partial charge in [-0.15, -0.1) is 0 Å². The highest BCUT2D eigenvalue weighted by atomic mass is 79.9. The van der Waals surface area contributed by atoms with E-state index in [0.717, 1.165) is 0 Å². The van der Waals surface area contributed by atoms with Crippen molar-refractivity contribution in [2.75, 3.05) is 10.6 Å². The number of para-hydroxylation sites is 1. The fourth-order valence-electron chi connectivity index (χ4n) is 1.53. The molecule has 0 aliphatic heterocycles. The Morgan fingerprint density at radius 2 is 1.76 bits per heavy atom. The number of phenolic OH excluding ortho intramolecular Hbond substituents is 1. The molecule has 0 saturated carbocycles. The highest BCUT2D eigenvalue weighted by molar-refractivity contribution is 9.10. The lowest BCUT2D eigenvalue weighted by Gasteiger charge is -2.11. The summed E-state index contributed by atoms with van der Waals surface area (Å²) in [4.78, 5) is 11.7. The van der Waals surface area contributed by atoms with E-state index < -0.39 is 34.9 Å². The molecule has 8 heteroatoms. The van der Waals surface area contributed by atoms with Crippen LogP contribution in [0.25, 0.3) is 0 Å². The number of phenols is 1. The number of hydrogen-bond acceptors (Lipinski definition) is 2. The monoisotopic (exact) mass is 360 g/mol. The van der Waals surface area contributed by atoms with Crippen molar-refractivity contribution < 1.29 is 23.1 Å². The van der Waals surface area contributed by atoms with Crippen molar-refractivity contribution in [2.45, 2.75) is 0 Å². The molecule has 21 heavy (non-hydrogen) atoms. The quantitative estimate of drug-likeness (QED) is 0.554. The Bertz CT molecular complexity index is 684. The van der Waals surface area contributed by atoms with E-state index in [1.807, 2.05) is 5.32 Å². The van der Waals surface area contributed by atoms with Gasteiger partial charge in [-0.25, -0.2) is 18.0 Å². The van der Waals surface area contributed by atoms with Crippen molar-refractivity contribution in [3.63, 3.8) is 0 Å². The minimum absolute atomic E-state index is 0.182. The summed E-state index contributed by atoms with van der Waals surface area (Å²) < 4.78 is 40.2. The van der Waals surface area contributed by atoms with Gasteiger partial charge in [-0.1, -0.05) is 12.1 Å². The third-order valence-electron chi connectivity index (χ3n) is 2.51. The number of carbonyl (C=O) groups is 1. The van der Waals surface area contributed by atoms with Crippen LogP contribution in [0.5, 0.6) is 5.75 Å². The van der Waals surface area contributed by atoms with Gasteiger partial charge in [0.05, 0.1) is 5.69 Å². The number of amides is 2. The van der Waals surface area contributed by atoms with Gasteiger partial charge in [0.25, 0.3) is 0 Å². The third kappa shape index (κ3) is 3.27. The van der Waals surface area contributed by atoms with Gasteiger partial charge in [0, 0.05) is 10.5 Å². The van der Waals surface area contributed by atoms with Crippen molar-refractivity contribution in [2.24, 2.45) is 0 Å². The molecule has 2 amide bonds. The van der Waals surface area contributed by atoms with Crippen molar-refractivity contribution >= 4 is 33.3 Å². The lowest BCUT2D eigenvalue weighted by Crippen LogP contribution is -2.21. The highest BCUT2D eigenvalue weighted by Crippen LogP contribution is 2.31. The van der Waals surface area contributed by atoms with Gasteiger partial charge in [-0.3, -0.25) is 0 Å². The second-order valence-electron chi connectivity index (χ2n) is 3.94. The maximum Gasteiger partial charge on any atom is 0.323 e. The predicted octanol–water partition coefficient (Wildman–Crippen LogP) is 4.22. The van der Waals surface area contributed by atoms with Crippen LogP contribution in [0.1, 0.15) is 0 Å².